The molecule has 0 aliphatic carbocycles. The number of hydrogen-bond acceptors (Lipinski definition) is 4. The van der Waals surface area contributed by atoms with Gasteiger partial charge in [0, 0.05) is 18.6 Å². The van der Waals surface area contributed by atoms with Gasteiger partial charge in [-0.15, -0.1) is 0 Å². The number of likely N-dealkylation sites (N-methyl/N-ethyl adjacent to an activating group) is 1. The third-order valence-electron chi connectivity index (χ3n) is 4.21. The topological polar surface area (TPSA) is 27.7 Å². The van der Waals surface area contributed by atoms with Crippen LogP contribution in [-0.2, 0) is 4.74 Å². The Labute approximate surface area is 105 Å². The number of piperidine rings is 1. The second kappa shape index (κ2) is 6.14. The molecule has 4 heteroatoms. The van der Waals surface area contributed by atoms with Gasteiger partial charge in [-0.2, -0.15) is 0 Å². The molecule has 0 radical (unpaired) electrons. The van der Waals surface area contributed by atoms with Gasteiger partial charge in [0.05, 0.1) is 13.2 Å². The Kier molecular flexibility index (Phi) is 4.79. The lowest BCUT2D eigenvalue weighted by Crippen LogP contribution is -2.57. The summed E-state index contributed by atoms with van der Waals surface area (Å²) in [5.41, 5.74) is 0. The maximum absolute atomic E-state index is 5.63. The first-order chi connectivity index (χ1) is 8.18. The van der Waals surface area contributed by atoms with E-state index in [4.69, 9.17) is 4.74 Å². The average Bonchev–Trinajstić information content (AvgIpc) is 2.33. The molecule has 2 saturated heterocycles. The second-order valence-electron chi connectivity index (χ2n) is 5.73. The summed E-state index contributed by atoms with van der Waals surface area (Å²) in [7, 11) is 6.64. The summed E-state index contributed by atoms with van der Waals surface area (Å²) in [6.45, 7) is 5.21. The van der Waals surface area contributed by atoms with Crippen LogP contribution in [0.3, 0.4) is 0 Å². The fourth-order valence-electron chi connectivity index (χ4n) is 3.29. The van der Waals surface area contributed by atoms with Crippen molar-refractivity contribution in [3.63, 3.8) is 0 Å². The molecule has 2 atom stereocenters. The highest BCUT2D eigenvalue weighted by Gasteiger charge is 2.33. The molecule has 0 saturated carbocycles. The first kappa shape index (κ1) is 13.3. The largest absolute Gasteiger partial charge is 0.378 e. The maximum Gasteiger partial charge on any atom is 0.0635 e. The number of nitrogens with zero attached hydrogens (tertiary/aromatic N) is 2. The maximum atomic E-state index is 5.63. The Morgan fingerprint density at radius 1 is 1.29 bits per heavy atom. The fourth-order valence-corrected chi connectivity index (χ4v) is 3.29. The van der Waals surface area contributed by atoms with Gasteiger partial charge >= 0.3 is 0 Å². The summed E-state index contributed by atoms with van der Waals surface area (Å²) in [6.07, 6.45) is 2.63. The van der Waals surface area contributed by atoms with Crippen molar-refractivity contribution in [1.29, 1.82) is 0 Å². The van der Waals surface area contributed by atoms with E-state index >= 15 is 0 Å². The summed E-state index contributed by atoms with van der Waals surface area (Å²) in [4.78, 5) is 4.83. The van der Waals surface area contributed by atoms with Crippen LogP contribution in [0.25, 0.3) is 0 Å². The lowest BCUT2D eigenvalue weighted by molar-refractivity contribution is 0.0192. The van der Waals surface area contributed by atoms with Gasteiger partial charge in [-0.3, -0.25) is 0 Å². The zero-order chi connectivity index (χ0) is 12.3. The number of ether oxygens (including phenoxy) is 1. The lowest BCUT2D eigenvalue weighted by atomic mass is 9.84. The molecule has 0 aromatic carbocycles. The van der Waals surface area contributed by atoms with Crippen LogP contribution >= 0.6 is 0 Å². The number of morpholine rings is 1. The van der Waals surface area contributed by atoms with Crippen molar-refractivity contribution in [2.75, 3.05) is 54.0 Å². The van der Waals surface area contributed by atoms with Gasteiger partial charge in [0.2, 0.25) is 0 Å². The molecule has 0 bridgehead atoms. The molecule has 2 unspecified atom stereocenters. The van der Waals surface area contributed by atoms with E-state index in [0.717, 1.165) is 25.7 Å². The summed E-state index contributed by atoms with van der Waals surface area (Å²) in [5.74, 6) is 0.806. The minimum atomic E-state index is 0.507. The summed E-state index contributed by atoms with van der Waals surface area (Å²) in [6, 6.07) is 1.12. The van der Waals surface area contributed by atoms with E-state index in [1.165, 1.54) is 25.9 Å². The Morgan fingerprint density at radius 3 is 2.53 bits per heavy atom. The van der Waals surface area contributed by atoms with Crippen molar-refractivity contribution in [2.45, 2.75) is 24.9 Å². The molecule has 100 valence electrons. The molecule has 2 aliphatic rings. The van der Waals surface area contributed by atoms with Crippen LogP contribution in [0.5, 0.6) is 0 Å². The number of rotatable bonds is 3. The molecule has 2 rings (SSSR count). The number of nitrogens with one attached hydrogen (secondary N) is 1. The SMILES string of the molecule is CN1CCC(C(C2COCCN2)N(C)C)CC1. The van der Waals surface area contributed by atoms with E-state index < -0.39 is 0 Å². The van der Waals surface area contributed by atoms with Crippen LogP contribution < -0.4 is 5.32 Å². The molecule has 2 fully saturated rings. The number of likely N-dealkylation sites (tertiary alicyclic amines) is 1. The van der Waals surface area contributed by atoms with Crippen LogP contribution in [0.1, 0.15) is 12.8 Å². The standard InChI is InChI=1S/C13H27N3O/c1-15(2)13(12-10-17-9-6-14-12)11-4-7-16(3)8-5-11/h11-14H,4-10H2,1-3H3. The zero-order valence-electron chi connectivity index (χ0n) is 11.5. The van der Waals surface area contributed by atoms with Gasteiger partial charge in [0.1, 0.15) is 0 Å². The molecule has 2 aliphatic heterocycles. The Morgan fingerprint density at radius 2 is 2.00 bits per heavy atom. The molecule has 0 amide bonds. The van der Waals surface area contributed by atoms with Crippen LogP contribution in [0.15, 0.2) is 0 Å². The van der Waals surface area contributed by atoms with Crippen molar-refractivity contribution in [2.24, 2.45) is 5.92 Å². The van der Waals surface area contributed by atoms with Crippen LogP contribution in [0.4, 0.5) is 0 Å². The third kappa shape index (κ3) is 3.41. The quantitative estimate of drug-likeness (QED) is 0.766. The van der Waals surface area contributed by atoms with Gasteiger partial charge < -0.3 is 19.9 Å². The van der Waals surface area contributed by atoms with Crippen molar-refractivity contribution in [3.05, 3.63) is 0 Å². The molecule has 0 aromatic heterocycles. The highest BCUT2D eigenvalue weighted by molar-refractivity contribution is 4.91. The monoisotopic (exact) mass is 241 g/mol. The van der Waals surface area contributed by atoms with Crippen LogP contribution in [0, 0.1) is 5.92 Å². The fraction of sp³-hybridized carbons (Fsp3) is 1.00. The lowest BCUT2D eigenvalue weighted by Gasteiger charge is -2.43. The van der Waals surface area contributed by atoms with Gasteiger partial charge in [-0.25, -0.2) is 0 Å². The van der Waals surface area contributed by atoms with Crippen molar-refractivity contribution < 1.29 is 4.74 Å². The molecular weight excluding hydrogens is 214 g/mol. The zero-order valence-corrected chi connectivity index (χ0v) is 11.5. The predicted molar refractivity (Wildman–Crippen MR) is 70.3 cm³/mol. The van der Waals surface area contributed by atoms with E-state index in [9.17, 15) is 0 Å². The molecule has 0 aromatic rings. The van der Waals surface area contributed by atoms with Crippen molar-refractivity contribution in [3.8, 4) is 0 Å². The van der Waals surface area contributed by atoms with E-state index in [2.05, 4.69) is 36.3 Å². The molecule has 1 N–H and O–H groups in total. The van der Waals surface area contributed by atoms with E-state index in [1.807, 2.05) is 0 Å². The molecule has 17 heavy (non-hydrogen) atoms. The highest BCUT2D eigenvalue weighted by Crippen LogP contribution is 2.25. The van der Waals surface area contributed by atoms with E-state index in [0.29, 0.717) is 12.1 Å². The number of hydrogen-bond donors (Lipinski definition) is 1. The van der Waals surface area contributed by atoms with Crippen LogP contribution in [-0.4, -0.2) is 75.9 Å². The Balaban J connectivity index is 1.95. The van der Waals surface area contributed by atoms with E-state index in [-0.39, 0.29) is 0 Å². The van der Waals surface area contributed by atoms with E-state index in [1.54, 1.807) is 0 Å². The summed E-state index contributed by atoms with van der Waals surface area (Å²) < 4.78 is 5.63. The smallest absolute Gasteiger partial charge is 0.0635 e. The summed E-state index contributed by atoms with van der Waals surface area (Å²) >= 11 is 0. The molecular formula is C13H27N3O. The minimum absolute atomic E-state index is 0.507. The van der Waals surface area contributed by atoms with Crippen molar-refractivity contribution >= 4 is 0 Å². The minimum Gasteiger partial charge on any atom is -0.378 e. The van der Waals surface area contributed by atoms with Crippen molar-refractivity contribution in [1.82, 2.24) is 15.1 Å². The van der Waals surface area contributed by atoms with Gasteiger partial charge in [-0.1, -0.05) is 0 Å². The average molecular weight is 241 g/mol. The second-order valence-corrected chi connectivity index (χ2v) is 5.73. The predicted octanol–water partition coefficient (Wildman–Crippen LogP) is 0.247. The highest BCUT2D eigenvalue weighted by atomic mass is 16.5. The molecule has 2 heterocycles. The van der Waals surface area contributed by atoms with Gasteiger partial charge in [0.15, 0.2) is 0 Å². The molecule has 4 nitrogen and oxygen atoms in total. The van der Waals surface area contributed by atoms with Crippen LogP contribution in [0.2, 0.25) is 0 Å². The Bertz CT molecular complexity index is 221. The first-order valence-electron chi connectivity index (χ1n) is 6.84. The van der Waals surface area contributed by atoms with Gasteiger partial charge in [0.25, 0.3) is 0 Å². The first-order valence-corrected chi connectivity index (χ1v) is 6.84. The third-order valence-corrected chi connectivity index (χ3v) is 4.21. The van der Waals surface area contributed by atoms with Gasteiger partial charge in [-0.05, 0) is 53.0 Å². The Hall–Kier alpha value is -0.160. The summed E-state index contributed by atoms with van der Waals surface area (Å²) in [5, 5.41) is 3.63. The molecule has 0 spiro atoms. The normalized spacial score (nSPS) is 30.7.